The van der Waals surface area contributed by atoms with Crippen LogP contribution in [0.25, 0.3) is 0 Å². The molecule has 0 unspecified atom stereocenters. The van der Waals surface area contributed by atoms with Gasteiger partial charge in [0, 0.05) is 0 Å². The maximum Gasteiger partial charge on any atom is 0.339 e. The lowest BCUT2D eigenvalue weighted by atomic mass is 9.46. The molecule has 6 heteroatoms. The summed E-state index contributed by atoms with van der Waals surface area (Å²) in [6.45, 7) is 10.6. The van der Waals surface area contributed by atoms with Gasteiger partial charge in [0.05, 0.1) is 37.9 Å². The number of rotatable bonds is 5. The summed E-state index contributed by atoms with van der Waals surface area (Å²) in [5.41, 5.74) is 2.55. The molecule has 0 bridgehead atoms. The Labute approximate surface area is 196 Å². The number of carbonyl (C=O) groups is 3. The molecule has 0 heterocycles. The van der Waals surface area contributed by atoms with Crippen molar-refractivity contribution in [2.24, 2.45) is 22.7 Å². The number of carbonyl (C=O) groups excluding carboxylic acids is 3. The highest BCUT2D eigenvalue weighted by atomic mass is 16.5. The molecule has 2 fully saturated rings. The predicted molar refractivity (Wildman–Crippen MR) is 125 cm³/mol. The smallest absolute Gasteiger partial charge is 0.339 e. The molecule has 2 saturated carbocycles. The quantitative estimate of drug-likeness (QED) is 0.350. The van der Waals surface area contributed by atoms with Crippen molar-refractivity contribution >= 4 is 17.9 Å². The fraction of sp³-hybridized carbons (Fsp3) is 0.593. The molecule has 0 radical (unpaired) electrons. The highest BCUT2D eigenvalue weighted by Gasteiger charge is 2.57. The Morgan fingerprint density at radius 1 is 1.03 bits per heavy atom. The number of hydrogen-bond donors (Lipinski definition) is 0. The summed E-state index contributed by atoms with van der Waals surface area (Å²) in [4.78, 5) is 38.2. The van der Waals surface area contributed by atoms with Gasteiger partial charge in [-0.05, 0) is 80.4 Å². The summed E-state index contributed by atoms with van der Waals surface area (Å²) in [5, 5.41) is 0. The van der Waals surface area contributed by atoms with E-state index in [2.05, 4.69) is 13.5 Å². The number of methoxy groups -OCH3 is 3. The molecule has 0 amide bonds. The van der Waals surface area contributed by atoms with Gasteiger partial charge in [-0.15, -0.1) is 0 Å². The molecule has 33 heavy (non-hydrogen) atoms. The molecule has 1 aromatic rings. The Balaban J connectivity index is 2.12. The second kappa shape index (κ2) is 9.32. The second-order valence-corrected chi connectivity index (χ2v) is 10.0. The molecule has 0 N–H and O–H groups in total. The lowest BCUT2D eigenvalue weighted by Gasteiger charge is -2.57. The first-order chi connectivity index (χ1) is 15.5. The lowest BCUT2D eigenvalue weighted by molar-refractivity contribution is -0.167. The molecular formula is C27H36O6. The maximum absolute atomic E-state index is 12.9. The number of aryl methyl sites for hydroxylation is 1. The third kappa shape index (κ3) is 4.09. The van der Waals surface area contributed by atoms with Crippen LogP contribution in [0, 0.1) is 29.6 Å². The van der Waals surface area contributed by atoms with E-state index in [1.54, 1.807) is 6.07 Å². The normalized spacial score (nSPS) is 29.1. The van der Waals surface area contributed by atoms with E-state index in [0.717, 1.165) is 48.8 Å². The molecule has 180 valence electrons. The topological polar surface area (TPSA) is 78.9 Å². The van der Waals surface area contributed by atoms with E-state index >= 15 is 0 Å². The molecule has 2 aliphatic rings. The van der Waals surface area contributed by atoms with Crippen LogP contribution in [0.3, 0.4) is 0 Å². The average Bonchev–Trinajstić information content (AvgIpc) is 2.80. The van der Waals surface area contributed by atoms with Crippen LogP contribution in [-0.2, 0) is 25.4 Å². The highest BCUT2D eigenvalue weighted by molar-refractivity contribution is 6.04. The van der Waals surface area contributed by atoms with Crippen LogP contribution in [0.2, 0.25) is 0 Å². The SMILES string of the molecule is C=C1CC[C@@H]2[C@](C)(CCC[C@]2(C)C(=O)OC)[C@H]1Cc1c(C)ccc(C(=O)OC)c1C(=O)OC. The van der Waals surface area contributed by atoms with E-state index in [4.69, 9.17) is 14.2 Å². The average molecular weight is 457 g/mol. The number of fused-ring (bicyclic) bond motifs is 1. The number of benzene rings is 1. The highest BCUT2D eigenvalue weighted by Crippen LogP contribution is 2.62. The number of ether oxygens (including phenoxy) is 3. The van der Waals surface area contributed by atoms with Gasteiger partial charge in [0.15, 0.2) is 0 Å². The Bertz CT molecular complexity index is 979. The van der Waals surface area contributed by atoms with Crippen LogP contribution >= 0.6 is 0 Å². The number of esters is 3. The zero-order valence-corrected chi connectivity index (χ0v) is 20.7. The fourth-order valence-electron chi connectivity index (χ4n) is 6.64. The van der Waals surface area contributed by atoms with Crippen molar-refractivity contribution in [1.82, 2.24) is 0 Å². The minimum absolute atomic E-state index is 0.0514. The van der Waals surface area contributed by atoms with E-state index < -0.39 is 17.4 Å². The van der Waals surface area contributed by atoms with Crippen LogP contribution in [0.1, 0.15) is 77.8 Å². The van der Waals surface area contributed by atoms with E-state index in [0.29, 0.717) is 6.42 Å². The van der Waals surface area contributed by atoms with Crippen molar-refractivity contribution < 1.29 is 28.6 Å². The van der Waals surface area contributed by atoms with Crippen LogP contribution in [0.15, 0.2) is 24.3 Å². The summed E-state index contributed by atoms with van der Waals surface area (Å²) in [7, 11) is 4.08. The molecule has 6 nitrogen and oxygen atoms in total. The van der Waals surface area contributed by atoms with Gasteiger partial charge in [-0.3, -0.25) is 4.79 Å². The minimum Gasteiger partial charge on any atom is -0.469 e. The summed E-state index contributed by atoms with van der Waals surface area (Å²) >= 11 is 0. The van der Waals surface area contributed by atoms with E-state index in [1.165, 1.54) is 21.3 Å². The first-order valence-electron chi connectivity index (χ1n) is 11.6. The van der Waals surface area contributed by atoms with Gasteiger partial charge < -0.3 is 14.2 Å². The molecule has 0 saturated heterocycles. The fourth-order valence-corrected chi connectivity index (χ4v) is 6.64. The van der Waals surface area contributed by atoms with E-state index in [-0.39, 0.29) is 34.3 Å². The van der Waals surface area contributed by atoms with Gasteiger partial charge in [0.1, 0.15) is 0 Å². The van der Waals surface area contributed by atoms with Crippen LogP contribution in [-0.4, -0.2) is 39.2 Å². The van der Waals surface area contributed by atoms with Crippen LogP contribution in [0.4, 0.5) is 0 Å². The van der Waals surface area contributed by atoms with Gasteiger partial charge >= 0.3 is 17.9 Å². The Kier molecular flexibility index (Phi) is 7.06. The summed E-state index contributed by atoms with van der Waals surface area (Å²) in [6, 6.07) is 3.46. The zero-order chi connectivity index (χ0) is 24.6. The third-order valence-corrected chi connectivity index (χ3v) is 8.42. The first-order valence-corrected chi connectivity index (χ1v) is 11.6. The zero-order valence-electron chi connectivity index (χ0n) is 20.7. The Morgan fingerprint density at radius 2 is 1.70 bits per heavy atom. The van der Waals surface area contributed by atoms with E-state index in [9.17, 15) is 14.4 Å². The molecule has 0 aromatic heterocycles. The molecule has 3 rings (SSSR count). The van der Waals surface area contributed by atoms with E-state index in [1.807, 2.05) is 19.9 Å². The van der Waals surface area contributed by atoms with Crippen molar-refractivity contribution in [2.75, 3.05) is 21.3 Å². The Hall–Kier alpha value is -2.63. The number of hydrogen-bond acceptors (Lipinski definition) is 6. The number of allylic oxidation sites excluding steroid dienone is 1. The third-order valence-electron chi connectivity index (χ3n) is 8.42. The molecule has 0 aliphatic heterocycles. The molecular weight excluding hydrogens is 420 g/mol. The van der Waals surface area contributed by atoms with Gasteiger partial charge in [0.25, 0.3) is 0 Å². The lowest BCUT2D eigenvalue weighted by Crippen LogP contribution is -2.54. The van der Waals surface area contributed by atoms with Crippen molar-refractivity contribution in [2.45, 2.75) is 59.3 Å². The molecule has 1 aromatic carbocycles. The largest absolute Gasteiger partial charge is 0.469 e. The standard InChI is InChI=1S/C27H36O6/c1-16-9-11-18(23(28)31-5)22(24(29)32-6)19(16)15-20-17(2)10-12-21-26(20,3)13-8-14-27(21,4)25(30)33-7/h9,11,20-21H,2,8,10,12-15H2,1,3-7H3/t20-,21+,26+,27-/m0/s1. The van der Waals surface area contributed by atoms with Crippen molar-refractivity contribution in [1.29, 1.82) is 0 Å². The minimum atomic E-state index is -0.570. The van der Waals surface area contributed by atoms with Gasteiger partial charge in [-0.2, -0.15) is 0 Å². The van der Waals surface area contributed by atoms with Crippen LogP contribution < -0.4 is 0 Å². The molecule has 2 aliphatic carbocycles. The monoisotopic (exact) mass is 456 g/mol. The van der Waals surface area contributed by atoms with Gasteiger partial charge in [0.2, 0.25) is 0 Å². The maximum atomic E-state index is 12.9. The van der Waals surface area contributed by atoms with Gasteiger partial charge in [-0.1, -0.05) is 31.6 Å². The summed E-state index contributed by atoms with van der Waals surface area (Å²) in [5.74, 6) is -1.08. The summed E-state index contributed by atoms with van der Waals surface area (Å²) < 4.78 is 15.2. The molecule has 4 atom stereocenters. The van der Waals surface area contributed by atoms with Crippen molar-refractivity contribution in [3.05, 3.63) is 46.5 Å². The second-order valence-electron chi connectivity index (χ2n) is 10.0. The van der Waals surface area contributed by atoms with Crippen molar-refractivity contribution in [3.8, 4) is 0 Å². The first kappa shape index (κ1) is 25.0. The van der Waals surface area contributed by atoms with Crippen LogP contribution in [0.5, 0.6) is 0 Å². The Morgan fingerprint density at radius 3 is 2.30 bits per heavy atom. The van der Waals surface area contributed by atoms with Gasteiger partial charge in [-0.25, -0.2) is 9.59 Å². The predicted octanol–water partition coefficient (Wildman–Crippen LogP) is 5.06. The van der Waals surface area contributed by atoms with Crippen molar-refractivity contribution in [3.63, 3.8) is 0 Å². The summed E-state index contributed by atoms with van der Waals surface area (Å²) in [6.07, 6.45) is 4.96. The molecule has 0 spiro atoms.